The number of aryl methyl sites for hydroxylation is 1. The molecule has 180 valence electrons. The summed E-state index contributed by atoms with van der Waals surface area (Å²) in [6.45, 7) is 1.97. The topological polar surface area (TPSA) is 41.1 Å². The highest BCUT2D eigenvalue weighted by Crippen LogP contribution is 2.52. The van der Waals surface area contributed by atoms with Gasteiger partial charge in [-0.05, 0) is 87.8 Å². The Morgan fingerprint density at radius 1 is 0.838 bits per heavy atom. The summed E-state index contributed by atoms with van der Waals surface area (Å²) in [6.07, 6.45) is 5.71. The van der Waals surface area contributed by atoms with E-state index in [2.05, 4.69) is 89.5 Å². The highest BCUT2D eigenvalue weighted by Gasteiger charge is 2.39. The molecule has 0 spiro atoms. The van der Waals surface area contributed by atoms with Crippen LogP contribution >= 0.6 is 0 Å². The van der Waals surface area contributed by atoms with Gasteiger partial charge in [-0.3, -0.25) is 4.79 Å². The molecule has 5 aromatic rings. The van der Waals surface area contributed by atoms with Crippen molar-refractivity contribution in [1.29, 1.82) is 0 Å². The Morgan fingerprint density at radius 2 is 1.54 bits per heavy atom. The molecule has 0 aromatic heterocycles. The van der Waals surface area contributed by atoms with Crippen LogP contribution in [-0.4, -0.2) is 5.91 Å². The van der Waals surface area contributed by atoms with Crippen LogP contribution in [0, 0.1) is 12.8 Å². The Balaban J connectivity index is 1.30. The molecule has 3 nitrogen and oxygen atoms in total. The minimum atomic E-state index is -0.0690. The van der Waals surface area contributed by atoms with E-state index in [0.717, 1.165) is 23.4 Å². The maximum atomic E-state index is 13.0. The van der Waals surface area contributed by atoms with Crippen molar-refractivity contribution in [3.8, 4) is 0 Å². The third-order valence-electron chi connectivity index (χ3n) is 8.13. The van der Waals surface area contributed by atoms with Crippen LogP contribution in [0.25, 0.3) is 21.5 Å². The molecule has 0 saturated heterocycles. The van der Waals surface area contributed by atoms with Crippen molar-refractivity contribution < 1.29 is 4.79 Å². The lowest BCUT2D eigenvalue weighted by atomic mass is 9.75. The Hall–Kier alpha value is -4.37. The third kappa shape index (κ3) is 3.62. The van der Waals surface area contributed by atoms with Gasteiger partial charge >= 0.3 is 0 Å². The van der Waals surface area contributed by atoms with Gasteiger partial charge in [0, 0.05) is 22.9 Å². The van der Waals surface area contributed by atoms with E-state index in [4.69, 9.17) is 0 Å². The molecule has 1 amide bonds. The molecule has 0 fully saturated rings. The Kier molecular flexibility index (Phi) is 5.10. The fraction of sp³-hybridized carbons (Fsp3) is 0.147. The van der Waals surface area contributed by atoms with Crippen molar-refractivity contribution in [2.24, 2.45) is 5.92 Å². The zero-order valence-electron chi connectivity index (χ0n) is 20.7. The average molecular weight is 481 g/mol. The quantitative estimate of drug-likeness (QED) is 0.201. The fourth-order valence-electron chi connectivity index (χ4n) is 6.37. The molecule has 2 aliphatic rings. The maximum absolute atomic E-state index is 13.0. The number of anilines is 2. The van der Waals surface area contributed by atoms with Crippen LogP contribution in [0.3, 0.4) is 0 Å². The second-order valence-electron chi connectivity index (χ2n) is 10.3. The molecule has 3 atom stereocenters. The van der Waals surface area contributed by atoms with Gasteiger partial charge in [-0.25, -0.2) is 0 Å². The van der Waals surface area contributed by atoms with E-state index in [-0.39, 0.29) is 11.9 Å². The molecular weight excluding hydrogens is 452 g/mol. The van der Waals surface area contributed by atoms with Crippen LogP contribution < -0.4 is 10.6 Å². The van der Waals surface area contributed by atoms with Crippen LogP contribution in [0.1, 0.15) is 45.4 Å². The average Bonchev–Trinajstić information content (AvgIpc) is 3.42. The number of allylic oxidation sites excluding steroid dienone is 2. The SMILES string of the molecule is Cc1ccccc1C(=O)Nc1ccc2c(c1)C1C=CCC1C(c1c3ccccc3cc3ccccc13)N2. The zero-order valence-corrected chi connectivity index (χ0v) is 20.7. The predicted molar refractivity (Wildman–Crippen MR) is 153 cm³/mol. The number of benzene rings is 5. The van der Waals surface area contributed by atoms with E-state index >= 15 is 0 Å². The van der Waals surface area contributed by atoms with Crippen LogP contribution in [0.15, 0.2) is 109 Å². The number of hydrogen-bond acceptors (Lipinski definition) is 2. The molecule has 5 aromatic carbocycles. The number of rotatable bonds is 3. The minimum Gasteiger partial charge on any atom is -0.378 e. The molecule has 7 rings (SSSR count). The van der Waals surface area contributed by atoms with E-state index in [1.807, 2.05) is 37.3 Å². The first kappa shape index (κ1) is 21.9. The second-order valence-corrected chi connectivity index (χ2v) is 10.3. The number of nitrogens with one attached hydrogen (secondary N) is 2. The third-order valence-corrected chi connectivity index (χ3v) is 8.13. The number of fused-ring (bicyclic) bond motifs is 5. The van der Waals surface area contributed by atoms with Crippen LogP contribution in [0.5, 0.6) is 0 Å². The predicted octanol–water partition coefficient (Wildman–Crippen LogP) is 8.38. The fourth-order valence-corrected chi connectivity index (χ4v) is 6.37. The highest BCUT2D eigenvalue weighted by molar-refractivity contribution is 6.05. The van der Waals surface area contributed by atoms with Crippen molar-refractivity contribution in [2.75, 3.05) is 10.6 Å². The molecule has 1 heterocycles. The summed E-state index contributed by atoms with van der Waals surface area (Å²) in [5, 5.41) is 12.3. The molecule has 3 unspecified atom stereocenters. The summed E-state index contributed by atoms with van der Waals surface area (Å²) in [5.74, 6) is 0.638. The molecule has 3 heteroatoms. The molecule has 0 radical (unpaired) electrons. The second kappa shape index (κ2) is 8.63. The van der Waals surface area contributed by atoms with E-state index in [9.17, 15) is 4.79 Å². The van der Waals surface area contributed by atoms with E-state index < -0.39 is 0 Å². The monoisotopic (exact) mass is 480 g/mol. The van der Waals surface area contributed by atoms with E-state index in [1.54, 1.807) is 0 Å². The summed E-state index contributed by atoms with van der Waals surface area (Å²) in [5.41, 5.74) is 6.30. The molecular formula is C34H28N2O. The van der Waals surface area contributed by atoms with Crippen molar-refractivity contribution in [2.45, 2.75) is 25.3 Å². The van der Waals surface area contributed by atoms with Gasteiger partial charge in [-0.1, -0.05) is 78.9 Å². The van der Waals surface area contributed by atoms with Crippen LogP contribution in [-0.2, 0) is 0 Å². The van der Waals surface area contributed by atoms with Crippen LogP contribution in [0.2, 0.25) is 0 Å². The first-order chi connectivity index (χ1) is 18.2. The molecule has 0 bridgehead atoms. The molecule has 2 N–H and O–H groups in total. The normalized spacial score (nSPS) is 19.9. The highest BCUT2D eigenvalue weighted by atomic mass is 16.1. The van der Waals surface area contributed by atoms with Gasteiger partial charge in [0.1, 0.15) is 0 Å². The summed E-state index contributed by atoms with van der Waals surface area (Å²) >= 11 is 0. The first-order valence-electron chi connectivity index (χ1n) is 13.0. The number of amides is 1. The van der Waals surface area contributed by atoms with Crippen molar-refractivity contribution >= 4 is 38.8 Å². The summed E-state index contributed by atoms with van der Waals surface area (Å²) in [4.78, 5) is 13.0. The Bertz CT molecular complexity index is 1660. The summed E-state index contributed by atoms with van der Waals surface area (Å²) in [6, 6.07) is 34.0. The standard InChI is InChI=1S/C34H28N2O/c1-21-9-2-5-12-25(21)34(37)35-24-17-18-31-30(20-24)28-15-8-16-29(28)33(36-31)32-26-13-6-3-10-22(26)19-23-11-4-7-14-27(23)32/h2-15,17-20,28-29,33,36H,16H2,1H3,(H,35,37). The Morgan fingerprint density at radius 3 is 2.30 bits per heavy atom. The smallest absolute Gasteiger partial charge is 0.255 e. The van der Waals surface area contributed by atoms with E-state index in [0.29, 0.717) is 17.4 Å². The minimum absolute atomic E-state index is 0.0690. The molecule has 1 aliphatic carbocycles. The zero-order chi connectivity index (χ0) is 24.9. The number of hydrogen-bond donors (Lipinski definition) is 2. The van der Waals surface area contributed by atoms with Gasteiger partial charge in [-0.15, -0.1) is 0 Å². The number of carbonyl (C=O) groups is 1. The van der Waals surface area contributed by atoms with Crippen LogP contribution in [0.4, 0.5) is 11.4 Å². The van der Waals surface area contributed by atoms with Gasteiger partial charge in [0.15, 0.2) is 0 Å². The van der Waals surface area contributed by atoms with Gasteiger partial charge < -0.3 is 10.6 Å². The van der Waals surface area contributed by atoms with Gasteiger partial charge in [0.2, 0.25) is 0 Å². The summed E-state index contributed by atoms with van der Waals surface area (Å²) < 4.78 is 0. The molecule has 1 aliphatic heterocycles. The van der Waals surface area contributed by atoms with Gasteiger partial charge in [-0.2, -0.15) is 0 Å². The lowest BCUT2D eigenvalue weighted by molar-refractivity contribution is 0.102. The Labute approximate surface area is 216 Å². The van der Waals surface area contributed by atoms with Gasteiger partial charge in [0.05, 0.1) is 6.04 Å². The number of carbonyl (C=O) groups excluding carboxylic acids is 1. The molecule has 37 heavy (non-hydrogen) atoms. The van der Waals surface area contributed by atoms with Crippen molar-refractivity contribution in [3.63, 3.8) is 0 Å². The molecule has 0 saturated carbocycles. The lowest BCUT2D eigenvalue weighted by Gasteiger charge is -2.38. The first-order valence-corrected chi connectivity index (χ1v) is 13.0. The maximum Gasteiger partial charge on any atom is 0.255 e. The largest absolute Gasteiger partial charge is 0.378 e. The lowest BCUT2D eigenvalue weighted by Crippen LogP contribution is -2.29. The van der Waals surface area contributed by atoms with Gasteiger partial charge in [0.25, 0.3) is 5.91 Å². The van der Waals surface area contributed by atoms with Crippen molar-refractivity contribution in [1.82, 2.24) is 0 Å². The van der Waals surface area contributed by atoms with Crippen molar-refractivity contribution in [3.05, 3.63) is 131 Å². The summed E-state index contributed by atoms with van der Waals surface area (Å²) in [7, 11) is 0. The van der Waals surface area contributed by atoms with E-state index in [1.165, 1.54) is 32.7 Å².